The van der Waals surface area contributed by atoms with E-state index in [0.717, 1.165) is 50.5 Å². The zero-order valence-electron chi connectivity index (χ0n) is 14.7. The molecule has 1 aliphatic rings. The molecule has 0 spiro atoms. The van der Waals surface area contributed by atoms with Crippen molar-refractivity contribution in [2.45, 2.75) is 6.42 Å². The van der Waals surface area contributed by atoms with Crippen LogP contribution in [0.15, 0.2) is 54.6 Å². The van der Waals surface area contributed by atoms with Crippen LogP contribution < -0.4 is 9.80 Å². The number of amides is 1. The Labute approximate surface area is 159 Å². The van der Waals surface area contributed by atoms with Crippen molar-refractivity contribution in [2.24, 2.45) is 0 Å². The van der Waals surface area contributed by atoms with Crippen LogP contribution in [0.1, 0.15) is 6.42 Å². The quantitative estimate of drug-likeness (QED) is 0.778. The topological polar surface area (TPSA) is 26.8 Å². The average Bonchev–Trinajstić information content (AvgIpc) is 2.67. The summed E-state index contributed by atoms with van der Waals surface area (Å²) in [7, 11) is 0. The van der Waals surface area contributed by atoms with Gasteiger partial charge in [-0.05, 0) is 49.4 Å². The maximum absolute atomic E-state index is 13.0. The van der Waals surface area contributed by atoms with Gasteiger partial charge in [0, 0.05) is 44.1 Å². The van der Waals surface area contributed by atoms with Gasteiger partial charge in [0.25, 0.3) is 5.24 Å². The summed E-state index contributed by atoms with van der Waals surface area (Å²) in [5.41, 5.74) is 1.95. The molecule has 138 valence electrons. The Morgan fingerprint density at radius 2 is 1.65 bits per heavy atom. The third-order valence-electron chi connectivity index (χ3n) is 4.72. The van der Waals surface area contributed by atoms with Crippen LogP contribution in [0.3, 0.4) is 0 Å². The molecule has 1 aliphatic heterocycles. The number of thiol groups is 1. The van der Waals surface area contributed by atoms with Gasteiger partial charge in [-0.1, -0.05) is 30.8 Å². The van der Waals surface area contributed by atoms with Crippen LogP contribution in [-0.4, -0.2) is 49.4 Å². The number of carbonyl (C=O) groups is 1. The summed E-state index contributed by atoms with van der Waals surface area (Å²) < 4.78 is 13.0. The molecule has 0 saturated carbocycles. The van der Waals surface area contributed by atoms with Gasteiger partial charge in [0.05, 0.1) is 0 Å². The van der Waals surface area contributed by atoms with E-state index in [1.54, 1.807) is 4.90 Å². The lowest BCUT2D eigenvalue weighted by atomic mass is 10.2. The van der Waals surface area contributed by atoms with Crippen molar-refractivity contribution >= 4 is 29.2 Å². The highest BCUT2D eigenvalue weighted by Gasteiger charge is 2.18. The number of halogens is 1. The van der Waals surface area contributed by atoms with Gasteiger partial charge in [0.2, 0.25) is 0 Å². The van der Waals surface area contributed by atoms with Crippen LogP contribution in [0.25, 0.3) is 0 Å². The van der Waals surface area contributed by atoms with E-state index >= 15 is 0 Å². The van der Waals surface area contributed by atoms with Crippen LogP contribution in [0.4, 0.5) is 20.6 Å². The summed E-state index contributed by atoms with van der Waals surface area (Å²) in [4.78, 5) is 18.2. The Morgan fingerprint density at radius 1 is 1.00 bits per heavy atom. The predicted molar refractivity (Wildman–Crippen MR) is 108 cm³/mol. The van der Waals surface area contributed by atoms with Crippen LogP contribution in [-0.2, 0) is 0 Å². The summed E-state index contributed by atoms with van der Waals surface area (Å²) >= 11 is 4.00. The number of hydrogen-bond donors (Lipinski definition) is 1. The highest BCUT2D eigenvalue weighted by molar-refractivity contribution is 7.96. The van der Waals surface area contributed by atoms with Gasteiger partial charge >= 0.3 is 0 Å². The van der Waals surface area contributed by atoms with Gasteiger partial charge in [0.1, 0.15) is 5.82 Å². The van der Waals surface area contributed by atoms with E-state index < -0.39 is 0 Å². The molecule has 0 aromatic heterocycles. The van der Waals surface area contributed by atoms with E-state index in [2.05, 4.69) is 22.4 Å². The summed E-state index contributed by atoms with van der Waals surface area (Å²) in [6.45, 7) is 5.40. The third kappa shape index (κ3) is 4.99. The van der Waals surface area contributed by atoms with Crippen LogP contribution in [0.2, 0.25) is 0 Å². The van der Waals surface area contributed by atoms with E-state index in [-0.39, 0.29) is 11.1 Å². The van der Waals surface area contributed by atoms with E-state index in [4.69, 9.17) is 0 Å². The van der Waals surface area contributed by atoms with Crippen molar-refractivity contribution in [2.75, 3.05) is 49.1 Å². The monoisotopic (exact) mass is 373 g/mol. The largest absolute Gasteiger partial charge is 0.369 e. The molecule has 1 amide bonds. The highest BCUT2D eigenvalue weighted by Crippen LogP contribution is 2.18. The smallest absolute Gasteiger partial charge is 0.282 e. The molecule has 3 rings (SSSR count). The van der Waals surface area contributed by atoms with E-state index in [0.29, 0.717) is 6.54 Å². The number of piperazine rings is 1. The second-order valence-electron chi connectivity index (χ2n) is 6.43. The molecule has 0 radical (unpaired) electrons. The molecule has 2 aromatic rings. The van der Waals surface area contributed by atoms with Gasteiger partial charge in [-0.3, -0.25) is 9.69 Å². The van der Waals surface area contributed by atoms with Crippen molar-refractivity contribution in [1.29, 1.82) is 0 Å². The van der Waals surface area contributed by atoms with Crippen molar-refractivity contribution in [3.8, 4) is 0 Å². The first kappa shape index (κ1) is 18.7. The lowest BCUT2D eigenvalue weighted by Gasteiger charge is -2.36. The van der Waals surface area contributed by atoms with Gasteiger partial charge < -0.3 is 9.80 Å². The normalized spacial score (nSPS) is 15.1. The molecule has 1 saturated heterocycles. The minimum Gasteiger partial charge on any atom is -0.369 e. The molecular weight excluding hydrogens is 349 g/mol. The maximum Gasteiger partial charge on any atom is 0.282 e. The van der Waals surface area contributed by atoms with Gasteiger partial charge in [0.15, 0.2) is 0 Å². The van der Waals surface area contributed by atoms with Crippen molar-refractivity contribution in [3.63, 3.8) is 0 Å². The van der Waals surface area contributed by atoms with Crippen molar-refractivity contribution < 1.29 is 9.18 Å². The minimum atomic E-state index is -0.225. The minimum absolute atomic E-state index is 0.200. The first-order valence-electron chi connectivity index (χ1n) is 8.92. The Balaban J connectivity index is 1.44. The number of carbonyl (C=O) groups excluding carboxylic acids is 1. The molecule has 0 N–H and O–H groups in total. The summed E-state index contributed by atoms with van der Waals surface area (Å²) in [5.74, 6) is -0.200. The van der Waals surface area contributed by atoms with Gasteiger partial charge in [-0.15, -0.1) is 0 Å². The Morgan fingerprint density at radius 3 is 2.27 bits per heavy atom. The Kier molecular flexibility index (Phi) is 6.52. The average molecular weight is 373 g/mol. The molecule has 2 aromatic carbocycles. The molecule has 26 heavy (non-hydrogen) atoms. The first-order chi connectivity index (χ1) is 12.6. The molecule has 1 fully saturated rings. The Bertz CT molecular complexity index is 703. The molecule has 4 nitrogen and oxygen atoms in total. The van der Waals surface area contributed by atoms with Crippen LogP contribution >= 0.6 is 12.6 Å². The first-order valence-corrected chi connectivity index (χ1v) is 9.36. The molecular formula is C20H24FN3OS. The Hall–Kier alpha value is -2.05. The summed E-state index contributed by atoms with van der Waals surface area (Å²) in [5, 5.41) is -0.225. The van der Waals surface area contributed by atoms with E-state index in [1.165, 1.54) is 12.1 Å². The molecule has 1 heterocycles. The fourth-order valence-corrected chi connectivity index (χ4v) is 3.49. The summed E-state index contributed by atoms with van der Waals surface area (Å²) in [6.07, 6.45) is 0.901. The zero-order chi connectivity index (χ0) is 18.4. The standard InChI is InChI=1S/C20H24FN3OS/c21-17-7-9-18(10-8-17)23-15-13-22(14-16-23)11-4-12-24(20(25)26)19-5-2-1-3-6-19/h1-3,5-10H,4,11-16H2,(H,25,26). The maximum atomic E-state index is 13.0. The molecule has 0 unspecified atom stereocenters. The number of nitrogens with zero attached hydrogens (tertiary/aromatic N) is 3. The lowest BCUT2D eigenvalue weighted by molar-refractivity contribution is 0.252. The third-order valence-corrected chi connectivity index (χ3v) is 4.96. The second-order valence-corrected chi connectivity index (χ2v) is 6.81. The van der Waals surface area contributed by atoms with E-state index in [1.807, 2.05) is 42.5 Å². The fourth-order valence-electron chi connectivity index (χ4n) is 3.28. The van der Waals surface area contributed by atoms with E-state index in [9.17, 15) is 9.18 Å². The molecule has 0 aliphatic carbocycles. The predicted octanol–water partition coefficient (Wildman–Crippen LogP) is 3.89. The van der Waals surface area contributed by atoms with Crippen LogP contribution in [0.5, 0.6) is 0 Å². The molecule has 0 bridgehead atoms. The summed E-state index contributed by atoms with van der Waals surface area (Å²) in [6, 6.07) is 16.3. The van der Waals surface area contributed by atoms with Gasteiger partial charge in [-0.2, -0.15) is 0 Å². The number of hydrogen-bond acceptors (Lipinski definition) is 3. The van der Waals surface area contributed by atoms with Crippen molar-refractivity contribution in [1.82, 2.24) is 4.90 Å². The number of benzene rings is 2. The highest BCUT2D eigenvalue weighted by atomic mass is 32.1. The number of para-hydroxylation sites is 1. The molecule has 0 atom stereocenters. The number of rotatable bonds is 6. The number of anilines is 2. The van der Waals surface area contributed by atoms with Crippen LogP contribution in [0, 0.1) is 5.82 Å². The SMILES string of the molecule is O=C(S)N(CCCN1CCN(c2ccc(F)cc2)CC1)c1ccccc1. The van der Waals surface area contributed by atoms with Crippen molar-refractivity contribution in [3.05, 3.63) is 60.4 Å². The fraction of sp³-hybridized carbons (Fsp3) is 0.350. The molecule has 6 heteroatoms. The second kappa shape index (κ2) is 9.05. The lowest BCUT2D eigenvalue weighted by Crippen LogP contribution is -2.47. The van der Waals surface area contributed by atoms with Gasteiger partial charge in [-0.25, -0.2) is 4.39 Å². The zero-order valence-corrected chi connectivity index (χ0v) is 15.6.